The fourth-order valence-electron chi connectivity index (χ4n) is 2.61. The van der Waals surface area contributed by atoms with E-state index in [0.29, 0.717) is 18.2 Å². The van der Waals surface area contributed by atoms with Gasteiger partial charge in [0.15, 0.2) is 0 Å². The third kappa shape index (κ3) is 5.50. The zero-order valence-corrected chi connectivity index (χ0v) is 15.2. The summed E-state index contributed by atoms with van der Waals surface area (Å²) in [5.74, 6) is 1.54. The molecule has 0 amide bonds. The first-order valence-electron chi connectivity index (χ1n) is 8.42. The molecule has 0 radical (unpaired) electrons. The van der Waals surface area contributed by atoms with Gasteiger partial charge in [-0.1, -0.05) is 60.2 Å². The van der Waals surface area contributed by atoms with Crippen molar-refractivity contribution in [2.24, 2.45) is 5.92 Å². The maximum Gasteiger partial charge on any atom is 0.137 e. The minimum Gasteiger partial charge on any atom is -0.490 e. The number of rotatable bonds is 8. The van der Waals surface area contributed by atoms with E-state index in [2.05, 4.69) is 35.6 Å². The first kappa shape index (κ1) is 17.2. The average Bonchev–Trinajstić information content (AvgIpc) is 3.38. The minimum absolute atomic E-state index is 0.558. The van der Waals surface area contributed by atoms with E-state index in [4.69, 9.17) is 28.6 Å². The maximum atomic E-state index is 6.34. The van der Waals surface area contributed by atoms with Crippen molar-refractivity contribution in [3.8, 4) is 5.75 Å². The van der Waals surface area contributed by atoms with Crippen LogP contribution in [0.5, 0.6) is 5.75 Å². The second-order valence-electron chi connectivity index (χ2n) is 6.27. The fraction of sp³-hybridized carbons (Fsp3) is 0.350. The van der Waals surface area contributed by atoms with Gasteiger partial charge in [0.1, 0.15) is 12.4 Å². The Morgan fingerprint density at radius 1 is 1.12 bits per heavy atom. The van der Waals surface area contributed by atoms with E-state index in [9.17, 15) is 0 Å². The van der Waals surface area contributed by atoms with Gasteiger partial charge in [0.25, 0.3) is 0 Å². The van der Waals surface area contributed by atoms with Gasteiger partial charge in [0.05, 0.1) is 10.0 Å². The van der Waals surface area contributed by atoms with Crippen LogP contribution in [0.1, 0.15) is 30.4 Å². The average molecular weight is 360 g/mol. The van der Waals surface area contributed by atoms with Crippen LogP contribution in [-0.2, 0) is 6.42 Å². The molecule has 3 rings (SSSR count). The Hall–Kier alpha value is -1.58. The largest absolute Gasteiger partial charge is 0.490 e. The Morgan fingerprint density at radius 2 is 1.92 bits per heavy atom. The van der Waals surface area contributed by atoms with Crippen LogP contribution in [0, 0.1) is 5.92 Å². The molecule has 2 aromatic rings. The molecule has 0 aliphatic heterocycles. The number of thiocarbonyl (C=S) groups is 1. The highest BCUT2D eigenvalue weighted by Gasteiger charge is 2.22. The normalized spacial score (nSPS) is 13.5. The van der Waals surface area contributed by atoms with Crippen LogP contribution in [0.15, 0.2) is 48.5 Å². The van der Waals surface area contributed by atoms with Gasteiger partial charge in [-0.15, -0.1) is 0 Å². The van der Waals surface area contributed by atoms with Crippen LogP contribution >= 0.6 is 23.8 Å². The third-order valence-electron chi connectivity index (χ3n) is 4.10. The van der Waals surface area contributed by atoms with Crippen LogP contribution in [0.4, 0.5) is 0 Å². The van der Waals surface area contributed by atoms with E-state index in [1.165, 1.54) is 24.0 Å². The monoisotopic (exact) mass is 359 g/mol. The molecule has 0 bridgehead atoms. The second-order valence-corrected chi connectivity index (χ2v) is 7.17. The molecule has 0 aromatic heterocycles. The molecule has 1 aliphatic carbocycles. The smallest absolute Gasteiger partial charge is 0.137 e. The molecule has 2 nitrogen and oxygen atoms in total. The Balaban J connectivity index is 1.45. The van der Waals surface area contributed by atoms with Crippen LogP contribution < -0.4 is 10.1 Å². The first-order valence-corrected chi connectivity index (χ1v) is 9.21. The molecule has 0 saturated heterocycles. The summed E-state index contributed by atoms with van der Waals surface area (Å²) >= 11 is 11.7. The Kier molecular flexibility index (Phi) is 6.11. The molecule has 0 atom stereocenters. The summed E-state index contributed by atoms with van der Waals surface area (Å²) in [6.07, 6.45) is 4.54. The summed E-state index contributed by atoms with van der Waals surface area (Å²) < 4.78 is 5.76. The maximum absolute atomic E-state index is 6.34. The summed E-state index contributed by atoms with van der Waals surface area (Å²) in [4.78, 5) is 0.949. The summed E-state index contributed by atoms with van der Waals surface area (Å²) in [6, 6.07) is 16.4. The van der Waals surface area contributed by atoms with Crippen molar-refractivity contribution in [2.45, 2.75) is 25.7 Å². The molecule has 1 N–H and O–H groups in total. The number of benzene rings is 2. The zero-order chi connectivity index (χ0) is 16.8. The zero-order valence-electron chi connectivity index (χ0n) is 13.6. The molecule has 4 heteroatoms. The number of halogens is 1. The summed E-state index contributed by atoms with van der Waals surface area (Å²) in [7, 11) is 0. The van der Waals surface area contributed by atoms with Crippen LogP contribution in [0.25, 0.3) is 0 Å². The number of nitrogens with one attached hydrogen (secondary N) is 1. The highest BCUT2D eigenvalue weighted by atomic mass is 35.5. The van der Waals surface area contributed by atoms with Crippen LogP contribution in [0.3, 0.4) is 0 Å². The van der Waals surface area contributed by atoms with Crippen LogP contribution in [-0.4, -0.2) is 18.1 Å². The van der Waals surface area contributed by atoms with Crippen molar-refractivity contribution in [1.29, 1.82) is 0 Å². The van der Waals surface area contributed by atoms with Gasteiger partial charge >= 0.3 is 0 Å². The predicted octanol–water partition coefficient (Wildman–Crippen LogP) is 5.03. The molecule has 1 aliphatic rings. The molecule has 0 heterocycles. The molecule has 126 valence electrons. The van der Waals surface area contributed by atoms with E-state index < -0.39 is 0 Å². The summed E-state index contributed by atoms with van der Waals surface area (Å²) in [5.41, 5.74) is 2.46. The van der Waals surface area contributed by atoms with E-state index in [0.717, 1.165) is 29.5 Å². The lowest BCUT2D eigenvalue weighted by atomic mass is 10.1. The molecule has 0 spiro atoms. The van der Waals surface area contributed by atoms with Gasteiger partial charge in [-0.2, -0.15) is 0 Å². The van der Waals surface area contributed by atoms with Gasteiger partial charge in [-0.3, -0.25) is 0 Å². The molecule has 0 unspecified atom stereocenters. The van der Waals surface area contributed by atoms with Gasteiger partial charge in [-0.25, -0.2) is 0 Å². The first-order chi connectivity index (χ1) is 11.7. The topological polar surface area (TPSA) is 21.3 Å². The van der Waals surface area contributed by atoms with Gasteiger partial charge < -0.3 is 10.1 Å². The molecular weight excluding hydrogens is 338 g/mol. The summed E-state index contributed by atoms with van der Waals surface area (Å²) in [5, 5.41) is 3.91. The van der Waals surface area contributed by atoms with Crippen molar-refractivity contribution >= 4 is 28.8 Å². The standard InChI is InChI=1S/C20H22ClNOS/c21-18-13-17(12-15-4-2-1-3-5-15)8-9-19(18)23-11-10-22-20(24)14-16-6-7-16/h1-5,8-9,13,16H,6-7,10-12,14H2,(H,22,24). The fourth-order valence-corrected chi connectivity index (χ4v) is 3.21. The second kappa shape index (κ2) is 8.50. The van der Waals surface area contributed by atoms with Crippen molar-refractivity contribution in [1.82, 2.24) is 5.32 Å². The third-order valence-corrected chi connectivity index (χ3v) is 4.71. The van der Waals surface area contributed by atoms with Gasteiger partial charge in [0, 0.05) is 13.0 Å². The lowest BCUT2D eigenvalue weighted by Gasteiger charge is -2.11. The minimum atomic E-state index is 0.558. The highest BCUT2D eigenvalue weighted by molar-refractivity contribution is 7.80. The van der Waals surface area contributed by atoms with Gasteiger partial charge in [0.2, 0.25) is 0 Å². The van der Waals surface area contributed by atoms with Crippen molar-refractivity contribution in [3.63, 3.8) is 0 Å². The van der Waals surface area contributed by atoms with Crippen molar-refractivity contribution in [3.05, 3.63) is 64.7 Å². The quantitative estimate of drug-likeness (QED) is 0.527. The van der Waals surface area contributed by atoms with Crippen LogP contribution in [0.2, 0.25) is 5.02 Å². The summed E-state index contributed by atoms with van der Waals surface area (Å²) in [6.45, 7) is 1.27. The van der Waals surface area contributed by atoms with Gasteiger partial charge in [-0.05, 0) is 48.4 Å². The van der Waals surface area contributed by atoms with E-state index >= 15 is 0 Å². The molecule has 1 fully saturated rings. The van der Waals surface area contributed by atoms with Crippen molar-refractivity contribution in [2.75, 3.05) is 13.2 Å². The lowest BCUT2D eigenvalue weighted by molar-refractivity contribution is 0.322. The predicted molar refractivity (Wildman–Crippen MR) is 104 cm³/mol. The number of hydrogen-bond donors (Lipinski definition) is 1. The molecule has 24 heavy (non-hydrogen) atoms. The number of ether oxygens (including phenoxy) is 1. The Bertz CT molecular complexity index is 685. The van der Waals surface area contributed by atoms with E-state index in [1.54, 1.807) is 0 Å². The Labute approximate surface area is 154 Å². The highest BCUT2D eigenvalue weighted by Crippen LogP contribution is 2.32. The molecular formula is C20H22ClNOS. The SMILES string of the molecule is S=C(CC1CC1)NCCOc1ccc(Cc2ccccc2)cc1Cl. The molecule has 2 aromatic carbocycles. The van der Waals surface area contributed by atoms with Crippen molar-refractivity contribution < 1.29 is 4.74 Å². The van der Waals surface area contributed by atoms with E-state index in [-0.39, 0.29) is 0 Å². The Morgan fingerprint density at radius 3 is 2.62 bits per heavy atom. The number of hydrogen-bond acceptors (Lipinski definition) is 2. The molecule has 1 saturated carbocycles. The van der Waals surface area contributed by atoms with E-state index in [1.807, 2.05) is 18.2 Å². The lowest BCUT2D eigenvalue weighted by Crippen LogP contribution is -2.26.